The lowest BCUT2D eigenvalue weighted by Crippen LogP contribution is -2.43. The van der Waals surface area contributed by atoms with Gasteiger partial charge in [0.1, 0.15) is 6.61 Å². The number of ether oxygens (including phenoxy) is 1. The summed E-state index contributed by atoms with van der Waals surface area (Å²) in [5.41, 5.74) is 1.69. The highest BCUT2D eigenvalue weighted by Crippen LogP contribution is 2.16. The van der Waals surface area contributed by atoms with Crippen LogP contribution in [0.2, 0.25) is 0 Å². The van der Waals surface area contributed by atoms with Crippen LogP contribution >= 0.6 is 0 Å². The van der Waals surface area contributed by atoms with Gasteiger partial charge in [0.2, 0.25) is 6.10 Å². The monoisotopic (exact) mass is 306 g/mol. The van der Waals surface area contributed by atoms with Crippen molar-refractivity contribution >= 4 is 12.0 Å². The zero-order valence-corrected chi connectivity index (χ0v) is 13.4. The molecule has 0 aliphatic carbocycles. The van der Waals surface area contributed by atoms with Crippen LogP contribution in [0.3, 0.4) is 0 Å². The van der Waals surface area contributed by atoms with E-state index in [2.05, 4.69) is 5.32 Å². The van der Waals surface area contributed by atoms with Gasteiger partial charge in [-0.1, -0.05) is 29.8 Å². The molecule has 1 aliphatic rings. The summed E-state index contributed by atoms with van der Waals surface area (Å²) in [6.07, 6.45) is -1.51. The molecule has 1 saturated heterocycles. The molecular formula is C16H22N2O4. The lowest BCUT2D eigenvalue weighted by atomic mass is 10.1. The fourth-order valence-electron chi connectivity index (χ4n) is 1.99. The number of nitrogens with one attached hydrogen (secondary N) is 1. The number of hydrogen-bond donors (Lipinski definition) is 1. The molecule has 0 radical (unpaired) electrons. The van der Waals surface area contributed by atoms with E-state index in [0.29, 0.717) is 6.54 Å². The molecule has 0 unspecified atom stereocenters. The second-order valence-electron chi connectivity index (χ2n) is 6.43. The van der Waals surface area contributed by atoms with Gasteiger partial charge in [-0.05, 0) is 33.3 Å². The molecule has 1 N–H and O–H groups in total. The Balaban J connectivity index is 1.89. The molecule has 120 valence electrons. The van der Waals surface area contributed by atoms with E-state index in [1.165, 1.54) is 5.06 Å². The molecule has 1 atom stereocenters. The molecule has 6 heteroatoms. The zero-order chi connectivity index (χ0) is 16.3. The topological polar surface area (TPSA) is 67.9 Å². The van der Waals surface area contributed by atoms with E-state index < -0.39 is 17.7 Å². The fraction of sp³-hybridized carbons (Fsp3) is 0.500. The third kappa shape index (κ3) is 4.46. The Kier molecular flexibility index (Phi) is 4.71. The van der Waals surface area contributed by atoms with Crippen molar-refractivity contribution in [3.63, 3.8) is 0 Å². The number of carbonyl (C=O) groups excluding carboxylic acids is 2. The van der Waals surface area contributed by atoms with Crippen LogP contribution in [0.15, 0.2) is 24.3 Å². The highest BCUT2D eigenvalue weighted by Gasteiger charge is 2.36. The maximum absolute atomic E-state index is 12.2. The predicted octanol–water partition coefficient (Wildman–Crippen LogP) is 2.16. The maximum Gasteiger partial charge on any atom is 0.408 e. The summed E-state index contributed by atoms with van der Waals surface area (Å²) in [5, 5.41) is 3.89. The van der Waals surface area contributed by atoms with E-state index in [-0.39, 0.29) is 12.5 Å². The van der Waals surface area contributed by atoms with Crippen LogP contribution in [-0.2, 0) is 20.9 Å². The van der Waals surface area contributed by atoms with E-state index >= 15 is 0 Å². The van der Waals surface area contributed by atoms with Crippen molar-refractivity contribution in [2.75, 3.05) is 6.61 Å². The zero-order valence-electron chi connectivity index (χ0n) is 13.4. The molecule has 2 rings (SSSR count). The summed E-state index contributed by atoms with van der Waals surface area (Å²) < 4.78 is 5.12. The van der Waals surface area contributed by atoms with Crippen LogP contribution in [-0.4, -0.2) is 35.3 Å². The first-order valence-corrected chi connectivity index (χ1v) is 7.23. The van der Waals surface area contributed by atoms with Crippen LogP contribution in [0, 0.1) is 6.92 Å². The average molecular weight is 306 g/mol. The molecule has 2 amide bonds. The highest BCUT2D eigenvalue weighted by molar-refractivity contribution is 5.84. The minimum Gasteiger partial charge on any atom is -0.433 e. The van der Waals surface area contributed by atoms with E-state index in [9.17, 15) is 9.59 Å². The summed E-state index contributed by atoms with van der Waals surface area (Å²) in [7, 11) is 0. The molecule has 1 aromatic carbocycles. The smallest absolute Gasteiger partial charge is 0.408 e. The third-order valence-electron chi connectivity index (χ3n) is 3.08. The number of alkyl carbamates (subject to hydrolysis) is 1. The van der Waals surface area contributed by atoms with Crippen LogP contribution in [0.5, 0.6) is 0 Å². The Morgan fingerprint density at radius 3 is 2.59 bits per heavy atom. The first-order valence-electron chi connectivity index (χ1n) is 7.23. The fourth-order valence-corrected chi connectivity index (χ4v) is 1.99. The normalized spacial score (nSPS) is 18.5. The Morgan fingerprint density at radius 2 is 2.00 bits per heavy atom. The number of hydroxylamine groups is 2. The molecule has 6 nitrogen and oxygen atoms in total. The number of aryl methyl sites for hydroxylation is 1. The van der Waals surface area contributed by atoms with Crippen molar-refractivity contribution in [3.8, 4) is 0 Å². The number of rotatable bonds is 3. The molecule has 1 aliphatic heterocycles. The Morgan fingerprint density at radius 1 is 1.36 bits per heavy atom. The Labute approximate surface area is 130 Å². The first-order chi connectivity index (χ1) is 10.2. The molecule has 22 heavy (non-hydrogen) atoms. The summed E-state index contributed by atoms with van der Waals surface area (Å²) >= 11 is 0. The summed E-state index contributed by atoms with van der Waals surface area (Å²) in [5.74, 6) is -0.343. The number of amides is 2. The number of carbonyl (C=O) groups is 2. The summed E-state index contributed by atoms with van der Waals surface area (Å²) in [4.78, 5) is 29.2. The van der Waals surface area contributed by atoms with E-state index in [1.54, 1.807) is 0 Å². The molecule has 0 bridgehead atoms. The SMILES string of the molecule is Cc1ccc(CN2OC[C@@H](OC(=O)NC(C)(C)C)C2=O)cc1. The van der Waals surface area contributed by atoms with Crippen LogP contribution in [0.4, 0.5) is 4.79 Å². The van der Waals surface area contributed by atoms with Gasteiger partial charge in [-0.25, -0.2) is 9.86 Å². The molecule has 1 aromatic rings. The van der Waals surface area contributed by atoms with Gasteiger partial charge in [-0.2, -0.15) is 0 Å². The molecule has 1 fully saturated rings. The van der Waals surface area contributed by atoms with Gasteiger partial charge >= 0.3 is 6.09 Å². The molecule has 1 heterocycles. The second-order valence-corrected chi connectivity index (χ2v) is 6.43. The van der Waals surface area contributed by atoms with Gasteiger partial charge in [0, 0.05) is 5.54 Å². The minimum atomic E-state index is -0.896. The molecule has 0 aromatic heterocycles. The van der Waals surface area contributed by atoms with Gasteiger partial charge in [0.15, 0.2) is 0 Å². The minimum absolute atomic E-state index is 0.0439. The van der Waals surface area contributed by atoms with E-state index in [1.807, 2.05) is 52.0 Å². The third-order valence-corrected chi connectivity index (χ3v) is 3.08. The average Bonchev–Trinajstić information content (AvgIpc) is 2.72. The Hall–Kier alpha value is -2.08. The van der Waals surface area contributed by atoms with Crippen molar-refractivity contribution in [2.24, 2.45) is 0 Å². The van der Waals surface area contributed by atoms with Crippen molar-refractivity contribution < 1.29 is 19.2 Å². The lowest BCUT2D eigenvalue weighted by molar-refractivity contribution is -0.165. The van der Waals surface area contributed by atoms with Crippen LogP contribution in [0.25, 0.3) is 0 Å². The van der Waals surface area contributed by atoms with Gasteiger partial charge in [0.25, 0.3) is 5.91 Å². The second kappa shape index (κ2) is 6.36. The highest BCUT2D eigenvalue weighted by atomic mass is 16.7. The van der Waals surface area contributed by atoms with Crippen LogP contribution < -0.4 is 5.32 Å². The van der Waals surface area contributed by atoms with E-state index in [4.69, 9.17) is 9.57 Å². The summed E-state index contributed by atoms with van der Waals surface area (Å²) in [6.45, 7) is 7.89. The summed E-state index contributed by atoms with van der Waals surface area (Å²) in [6, 6.07) is 7.82. The molecule has 0 saturated carbocycles. The molecule has 0 spiro atoms. The molecular weight excluding hydrogens is 284 g/mol. The number of nitrogens with zero attached hydrogens (tertiary/aromatic N) is 1. The van der Waals surface area contributed by atoms with Gasteiger partial charge in [0.05, 0.1) is 6.54 Å². The largest absolute Gasteiger partial charge is 0.433 e. The van der Waals surface area contributed by atoms with E-state index in [0.717, 1.165) is 11.1 Å². The lowest BCUT2D eigenvalue weighted by Gasteiger charge is -2.21. The van der Waals surface area contributed by atoms with Gasteiger partial charge < -0.3 is 10.1 Å². The van der Waals surface area contributed by atoms with Crippen molar-refractivity contribution in [1.82, 2.24) is 10.4 Å². The number of benzene rings is 1. The predicted molar refractivity (Wildman–Crippen MR) is 80.8 cm³/mol. The van der Waals surface area contributed by atoms with Gasteiger partial charge in [-0.15, -0.1) is 0 Å². The van der Waals surface area contributed by atoms with Crippen molar-refractivity contribution in [2.45, 2.75) is 45.9 Å². The standard InChI is InChI=1S/C16H22N2O4/c1-11-5-7-12(8-6-11)9-18-14(19)13(10-21-18)22-15(20)17-16(2,3)4/h5-8,13H,9-10H2,1-4H3,(H,17,20)/t13-/m1/s1. The van der Waals surface area contributed by atoms with Crippen molar-refractivity contribution in [3.05, 3.63) is 35.4 Å². The number of hydrogen-bond acceptors (Lipinski definition) is 4. The van der Waals surface area contributed by atoms with Crippen molar-refractivity contribution in [1.29, 1.82) is 0 Å². The maximum atomic E-state index is 12.2. The van der Waals surface area contributed by atoms with Crippen LogP contribution in [0.1, 0.15) is 31.9 Å². The first kappa shape index (κ1) is 16.3. The van der Waals surface area contributed by atoms with Gasteiger partial charge in [-0.3, -0.25) is 9.63 Å². The quantitative estimate of drug-likeness (QED) is 0.929. The Bertz CT molecular complexity index is 548.